The van der Waals surface area contributed by atoms with Crippen molar-refractivity contribution >= 4 is 22.9 Å². The van der Waals surface area contributed by atoms with Crippen LogP contribution in [-0.4, -0.2) is 16.1 Å². The summed E-state index contributed by atoms with van der Waals surface area (Å²) < 4.78 is 0. The highest BCUT2D eigenvalue weighted by Gasteiger charge is 2.11. The third-order valence-electron chi connectivity index (χ3n) is 3.32. The van der Waals surface area contributed by atoms with Crippen LogP contribution in [0.4, 0.5) is 5.69 Å². The van der Waals surface area contributed by atoms with Gasteiger partial charge in [-0.25, -0.2) is 0 Å². The standard InChI is InChI=1S/C16H15N3OS/c1-10-8-15(21-11(10)2)16(20)18-13-5-3-4-12(9-13)14-6-7-17-19-14/h3-9H,1-2H3,(H,17,19)(H,18,20). The van der Waals surface area contributed by atoms with E-state index in [1.807, 2.05) is 50.2 Å². The largest absolute Gasteiger partial charge is 0.321 e. The van der Waals surface area contributed by atoms with Crippen molar-refractivity contribution in [1.82, 2.24) is 10.2 Å². The Bertz CT molecular complexity index is 755. The SMILES string of the molecule is Cc1cc(C(=O)Nc2cccc(-c3ccn[nH]3)c2)sc1C. The molecule has 21 heavy (non-hydrogen) atoms. The molecule has 3 rings (SSSR count). The molecule has 0 aliphatic rings. The van der Waals surface area contributed by atoms with Crippen LogP contribution in [0.1, 0.15) is 20.1 Å². The van der Waals surface area contributed by atoms with Gasteiger partial charge in [0.1, 0.15) is 0 Å². The maximum atomic E-state index is 12.3. The van der Waals surface area contributed by atoms with Crippen molar-refractivity contribution in [1.29, 1.82) is 0 Å². The first-order chi connectivity index (χ1) is 10.1. The van der Waals surface area contributed by atoms with E-state index in [0.29, 0.717) is 0 Å². The number of aryl methyl sites for hydroxylation is 2. The average molecular weight is 297 g/mol. The third-order valence-corrected chi connectivity index (χ3v) is 4.47. The lowest BCUT2D eigenvalue weighted by Gasteiger charge is -2.05. The number of aromatic nitrogens is 2. The minimum absolute atomic E-state index is 0.0713. The summed E-state index contributed by atoms with van der Waals surface area (Å²) in [6.45, 7) is 4.04. The van der Waals surface area contributed by atoms with Crippen molar-refractivity contribution in [3.05, 3.63) is 57.9 Å². The molecule has 5 heteroatoms. The lowest BCUT2D eigenvalue weighted by atomic mass is 10.1. The third kappa shape index (κ3) is 2.87. The van der Waals surface area contributed by atoms with Gasteiger partial charge in [0, 0.05) is 22.3 Å². The molecule has 2 N–H and O–H groups in total. The van der Waals surface area contributed by atoms with Gasteiger partial charge in [-0.05, 0) is 43.7 Å². The number of thiophene rings is 1. The van der Waals surface area contributed by atoms with Gasteiger partial charge >= 0.3 is 0 Å². The molecule has 0 saturated heterocycles. The number of carbonyl (C=O) groups is 1. The van der Waals surface area contributed by atoms with Crippen LogP contribution >= 0.6 is 11.3 Å². The number of hydrogen-bond acceptors (Lipinski definition) is 3. The number of nitrogens with zero attached hydrogens (tertiary/aromatic N) is 1. The Morgan fingerprint density at radius 3 is 2.76 bits per heavy atom. The van der Waals surface area contributed by atoms with Crippen LogP contribution in [0.2, 0.25) is 0 Å². The molecule has 0 bridgehead atoms. The number of H-pyrrole nitrogens is 1. The van der Waals surface area contributed by atoms with Crippen LogP contribution in [0, 0.1) is 13.8 Å². The van der Waals surface area contributed by atoms with Crippen molar-refractivity contribution in [3.63, 3.8) is 0 Å². The molecule has 1 aromatic carbocycles. The van der Waals surface area contributed by atoms with Gasteiger partial charge in [0.2, 0.25) is 0 Å². The summed E-state index contributed by atoms with van der Waals surface area (Å²) in [6, 6.07) is 11.5. The maximum Gasteiger partial charge on any atom is 0.265 e. The molecule has 1 amide bonds. The van der Waals surface area contributed by atoms with Gasteiger partial charge in [0.05, 0.1) is 10.6 Å². The monoisotopic (exact) mass is 297 g/mol. The van der Waals surface area contributed by atoms with Crippen molar-refractivity contribution in [3.8, 4) is 11.3 Å². The van der Waals surface area contributed by atoms with E-state index in [9.17, 15) is 4.79 Å². The Morgan fingerprint density at radius 1 is 1.24 bits per heavy atom. The first-order valence-corrected chi connectivity index (χ1v) is 7.43. The zero-order chi connectivity index (χ0) is 14.8. The van der Waals surface area contributed by atoms with Gasteiger partial charge in [-0.15, -0.1) is 11.3 Å². The van der Waals surface area contributed by atoms with Crippen molar-refractivity contribution in [2.45, 2.75) is 13.8 Å². The summed E-state index contributed by atoms with van der Waals surface area (Å²) in [4.78, 5) is 14.2. The summed E-state index contributed by atoms with van der Waals surface area (Å²) in [6.07, 6.45) is 1.71. The molecule has 4 nitrogen and oxygen atoms in total. The number of anilines is 1. The van der Waals surface area contributed by atoms with E-state index in [-0.39, 0.29) is 5.91 Å². The highest BCUT2D eigenvalue weighted by molar-refractivity contribution is 7.14. The molecule has 106 valence electrons. The first-order valence-electron chi connectivity index (χ1n) is 6.61. The predicted octanol–water partition coefficient (Wildman–Crippen LogP) is 4.01. The molecule has 0 atom stereocenters. The van der Waals surface area contributed by atoms with Crippen molar-refractivity contribution in [2.24, 2.45) is 0 Å². The topological polar surface area (TPSA) is 57.8 Å². The normalized spacial score (nSPS) is 10.6. The van der Waals surface area contributed by atoms with Crippen molar-refractivity contribution in [2.75, 3.05) is 5.32 Å². The van der Waals surface area contributed by atoms with E-state index in [1.54, 1.807) is 6.20 Å². The summed E-state index contributed by atoms with van der Waals surface area (Å²) in [7, 11) is 0. The fraction of sp³-hybridized carbons (Fsp3) is 0.125. The fourth-order valence-electron chi connectivity index (χ4n) is 2.06. The Labute approximate surface area is 126 Å². The van der Waals surface area contributed by atoms with E-state index in [1.165, 1.54) is 16.2 Å². The maximum absolute atomic E-state index is 12.3. The van der Waals surface area contributed by atoms with Crippen LogP contribution in [0.3, 0.4) is 0 Å². The molecule has 2 aromatic heterocycles. The number of amides is 1. The van der Waals surface area contributed by atoms with Gasteiger partial charge in [-0.2, -0.15) is 5.10 Å². The van der Waals surface area contributed by atoms with Crippen molar-refractivity contribution < 1.29 is 4.79 Å². The fourth-order valence-corrected chi connectivity index (χ4v) is 2.99. The van der Waals surface area contributed by atoms with E-state index in [4.69, 9.17) is 0 Å². The molecule has 0 saturated carbocycles. The smallest absolute Gasteiger partial charge is 0.265 e. The van der Waals surface area contributed by atoms with Crippen LogP contribution in [0.25, 0.3) is 11.3 Å². The molecule has 0 aliphatic heterocycles. The summed E-state index contributed by atoms with van der Waals surface area (Å²) in [5.74, 6) is -0.0713. The summed E-state index contributed by atoms with van der Waals surface area (Å²) in [5, 5.41) is 9.79. The number of aromatic amines is 1. The van der Waals surface area contributed by atoms with Gasteiger partial charge in [0.25, 0.3) is 5.91 Å². The Balaban J connectivity index is 1.82. The second-order valence-electron chi connectivity index (χ2n) is 4.86. The van der Waals surface area contributed by atoms with E-state index in [0.717, 1.165) is 27.4 Å². The number of benzene rings is 1. The predicted molar refractivity (Wildman–Crippen MR) is 85.8 cm³/mol. The second kappa shape index (κ2) is 5.54. The molecule has 2 heterocycles. The Morgan fingerprint density at radius 2 is 2.10 bits per heavy atom. The van der Waals surface area contributed by atoms with Gasteiger partial charge in [0.15, 0.2) is 0 Å². The molecule has 0 fully saturated rings. The highest BCUT2D eigenvalue weighted by atomic mass is 32.1. The number of nitrogens with one attached hydrogen (secondary N) is 2. The van der Waals surface area contributed by atoms with E-state index >= 15 is 0 Å². The lowest BCUT2D eigenvalue weighted by Crippen LogP contribution is -2.10. The Kier molecular flexibility index (Phi) is 3.58. The molecular formula is C16H15N3OS. The molecule has 0 aliphatic carbocycles. The zero-order valence-corrected chi connectivity index (χ0v) is 12.6. The lowest BCUT2D eigenvalue weighted by molar-refractivity contribution is 0.103. The van der Waals surface area contributed by atoms with E-state index < -0.39 is 0 Å². The van der Waals surface area contributed by atoms with E-state index in [2.05, 4.69) is 15.5 Å². The van der Waals surface area contributed by atoms with Gasteiger partial charge < -0.3 is 5.32 Å². The van der Waals surface area contributed by atoms with Crippen LogP contribution < -0.4 is 5.32 Å². The average Bonchev–Trinajstić information content (AvgIpc) is 3.10. The second-order valence-corrected chi connectivity index (χ2v) is 6.11. The molecule has 0 spiro atoms. The van der Waals surface area contributed by atoms with Gasteiger partial charge in [-0.1, -0.05) is 12.1 Å². The van der Waals surface area contributed by atoms with Crippen LogP contribution in [0.5, 0.6) is 0 Å². The number of hydrogen-bond donors (Lipinski definition) is 2. The summed E-state index contributed by atoms with van der Waals surface area (Å²) >= 11 is 1.52. The Hall–Kier alpha value is -2.40. The molecular weight excluding hydrogens is 282 g/mol. The van der Waals surface area contributed by atoms with Crippen LogP contribution in [0.15, 0.2) is 42.6 Å². The minimum Gasteiger partial charge on any atom is -0.321 e. The number of rotatable bonds is 3. The quantitative estimate of drug-likeness (QED) is 0.767. The van der Waals surface area contributed by atoms with Crippen LogP contribution in [-0.2, 0) is 0 Å². The molecule has 3 aromatic rings. The first kappa shape index (κ1) is 13.6. The number of carbonyl (C=O) groups excluding carboxylic acids is 1. The summed E-state index contributed by atoms with van der Waals surface area (Å²) in [5.41, 5.74) is 3.84. The molecule has 0 radical (unpaired) electrons. The zero-order valence-electron chi connectivity index (χ0n) is 11.8. The highest BCUT2D eigenvalue weighted by Crippen LogP contribution is 2.24. The van der Waals surface area contributed by atoms with Gasteiger partial charge in [-0.3, -0.25) is 9.89 Å². The minimum atomic E-state index is -0.0713. The molecule has 0 unspecified atom stereocenters.